The summed E-state index contributed by atoms with van der Waals surface area (Å²) in [6.07, 6.45) is 0. The van der Waals surface area contributed by atoms with Gasteiger partial charge in [-0.25, -0.2) is 4.39 Å². The molecule has 1 heterocycles. The van der Waals surface area contributed by atoms with Gasteiger partial charge < -0.3 is 10.5 Å². The fourth-order valence-corrected chi connectivity index (χ4v) is 1.63. The van der Waals surface area contributed by atoms with Crippen LogP contribution in [0, 0.1) is 12.7 Å². The maximum atomic E-state index is 13.1. The number of nitrogen functional groups attached to an aromatic ring is 1. The standard InChI is InChI=1S/C11H9BrFN3O/c1-6-2-3-7(13)4-8(6)17-11-15-9(12)5-10(14)16-11/h2-5H,1H3,(H2,14,15,16). The summed E-state index contributed by atoms with van der Waals surface area (Å²) < 4.78 is 18.9. The molecule has 0 saturated heterocycles. The molecule has 0 aliphatic heterocycles. The molecule has 1 aromatic carbocycles. The molecule has 0 radical (unpaired) electrons. The predicted octanol–water partition coefficient (Wildman–Crippen LogP) is 3.06. The van der Waals surface area contributed by atoms with Gasteiger partial charge in [-0.2, -0.15) is 9.97 Å². The number of anilines is 1. The van der Waals surface area contributed by atoms with Gasteiger partial charge in [-0.3, -0.25) is 0 Å². The molecule has 0 atom stereocenters. The van der Waals surface area contributed by atoms with Gasteiger partial charge in [0, 0.05) is 12.1 Å². The van der Waals surface area contributed by atoms with Crippen LogP contribution >= 0.6 is 15.9 Å². The zero-order valence-corrected chi connectivity index (χ0v) is 10.5. The van der Waals surface area contributed by atoms with Crippen LogP contribution in [0.25, 0.3) is 0 Å². The Bertz CT molecular complexity index is 542. The summed E-state index contributed by atoms with van der Waals surface area (Å²) >= 11 is 3.17. The van der Waals surface area contributed by atoms with Crippen molar-refractivity contribution in [2.45, 2.75) is 6.92 Å². The highest BCUT2D eigenvalue weighted by molar-refractivity contribution is 9.10. The molecule has 0 fully saturated rings. The van der Waals surface area contributed by atoms with Crippen molar-refractivity contribution in [1.82, 2.24) is 9.97 Å². The van der Waals surface area contributed by atoms with E-state index < -0.39 is 0 Å². The maximum absolute atomic E-state index is 13.1. The third-order valence-electron chi connectivity index (χ3n) is 2.05. The number of rotatable bonds is 2. The normalized spacial score (nSPS) is 10.3. The number of ether oxygens (including phenoxy) is 1. The minimum absolute atomic E-state index is 0.0746. The summed E-state index contributed by atoms with van der Waals surface area (Å²) in [7, 11) is 0. The van der Waals surface area contributed by atoms with Crippen molar-refractivity contribution in [1.29, 1.82) is 0 Å². The van der Waals surface area contributed by atoms with Crippen molar-refractivity contribution >= 4 is 21.7 Å². The number of aryl methyl sites for hydroxylation is 1. The molecular weight excluding hydrogens is 289 g/mol. The van der Waals surface area contributed by atoms with E-state index in [1.54, 1.807) is 19.1 Å². The van der Waals surface area contributed by atoms with E-state index in [1.807, 2.05) is 0 Å². The van der Waals surface area contributed by atoms with Gasteiger partial charge >= 0.3 is 6.01 Å². The lowest BCUT2D eigenvalue weighted by molar-refractivity contribution is 0.434. The van der Waals surface area contributed by atoms with Gasteiger partial charge in [0.15, 0.2) is 0 Å². The molecule has 2 N–H and O–H groups in total. The minimum Gasteiger partial charge on any atom is -0.424 e. The van der Waals surface area contributed by atoms with Gasteiger partial charge in [-0.05, 0) is 34.5 Å². The van der Waals surface area contributed by atoms with Crippen molar-refractivity contribution in [2.75, 3.05) is 5.73 Å². The highest BCUT2D eigenvalue weighted by Crippen LogP contribution is 2.24. The van der Waals surface area contributed by atoms with E-state index in [2.05, 4.69) is 25.9 Å². The topological polar surface area (TPSA) is 61.0 Å². The smallest absolute Gasteiger partial charge is 0.325 e. The molecule has 2 aromatic rings. The molecule has 0 aliphatic rings. The molecule has 0 unspecified atom stereocenters. The van der Waals surface area contributed by atoms with E-state index in [0.29, 0.717) is 10.4 Å². The number of hydrogen-bond donors (Lipinski definition) is 1. The zero-order chi connectivity index (χ0) is 12.4. The Hall–Kier alpha value is -1.69. The minimum atomic E-state index is -0.381. The Kier molecular flexibility index (Phi) is 3.23. The van der Waals surface area contributed by atoms with Crippen LogP contribution in [0.1, 0.15) is 5.56 Å². The summed E-state index contributed by atoms with van der Waals surface area (Å²) in [5.41, 5.74) is 6.33. The second-order valence-electron chi connectivity index (χ2n) is 3.41. The molecule has 0 spiro atoms. The second kappa shape index (κ2) is 4.67. The molecule has 0 saturated carbocycles. The molecule has 0 aliphatic carbocycles. The highest BCUT2D eigenvalue weighted by Gasteiger charge is 2.07. The van der Waals surface area contributed by atoms with Crippen LogP contribution < -0.4 is 10.5 Å². The molecule has 2 rings (SSSR count). The quantitative estimate of drug-likeness (QED) is 0.866. The number of nitrogens with two attached hydrogens (primary N) is 1. The molecule has 4 nitrogen and oxygen atoms in total. The number of hydrogen-bond acceptors (Lipinski definition) is 4. The average molecular weight is 298 g/mol. The summed E-state index contributed by atoms with van der Waals surface area (Å²) in [6.45, 7) is 1.80. The van der Waals surface area contributed by atoms with Crippen molar-refractivity contribution in [3.8, 4) is 11.8 Å². The van der Waals surface area contributed by atoms with Gasteiger partial charge in [-0.15, -0.1) is 0 Å². The molecule has 0 bridgehead atoms. The SMILES string of the molecule is Cc1ccc(F)cc1Oc1nc(N)cc(Br)n1. The van der Waals surface area contributed by atoms with Crippen molar-refractivity contribution < 1.29 is 9.13 Å². The Labute approximate surface area is 106 Å². The lowest BCUT2D eigenvalue weighted by Gasteiger charge is -2.07. The summed E-state index contributed by atoms with van der Waals surface area (Å²) in [5.74, 6) is 0.256. The van der Waals surface area contributed by atoms with Crippen molar-refractivity contribution in [3.05, 3.63) is 40.2 Å². The van der Waals surface area contributed by atoms with Gasteiger partial charge in [0.2, 0.25) is 0 Å². The predicted molar refractivity (Wildman–Crippen MR) is 65.4 cm³/mol. The fraction of sp³-hybridized carbons (Fsp3) is 0.0909. The Balaban J connectivity index is 2.34. The first kappa shape index (κ1) is 11.8. The van der Waals surface area contributed by atoms with E-state index in [0.717, 1.165) is 5.56 Å². The van der Waals surface area contributed by atoms with Crippen LogP contribution in [-0.4, -0.2) is 9.97 Å². The van der Waals surface area contributed by atoms with E-state index in [4.69, 9.17) is 10.5 Å². The average Bonchev–Trinajstić information content (AvgIpc) is 2.22. The number of benzene rings is 1. The first-order valence-corrected chi connectivity index (χ1v) is 5.58. The number of aromatic nitrogens is 2. The van der Waals surface area contributed by atoms with Crippen LogP contribution in [0.15, 0.2) is 28.9 Å². The summed E-state index contributed by atoms with van der Waals surface area (Å²) in [6, 6.07) is 5.87. The molecule has 88 valence electrons. The zero-order valence-electron chi connectivity index (χ0n) is 8.95. The van der Waals surface area contributed by atoms with Gasteiger partial charge in [0.05, 0.1) is 0 Å². The molecule has 17 heavy (non-hydrogen) atoms. The highest BCUT2D eigenvalue weighted by atomic mass is 79.9. The Morgan fingerprint density at radius 2 is 2.06 bits per heavy atom. The molecule has 6 heteroatoms. The van der Waals surface area contributed by atoms with Crippen LogP contribution in [0.2, 0.25) is 0 Å². The number of nitrogens with zero attached hydrogens (tertiary/aromatic N) is 2. The fourth-order valence-electron chi connectivity index (χ4n) is 1.24. The largest absolute Gasteiger partial charge is 0.424 e. The van der Waals surface area contributed by atoms with Crippen LogP contribution in [-0.2, 0) is 0 Å². The van der Waals surface area contributed by atoms with Crippen molar-refractivity contribution in [2.24, 2.45) is 0 Å². The molecule has 1 aromatic heterocycles. The van der Waals surface area contributed by atoms with Crippen LogP contribution in [0.5, 0.6) is 11.8 Å². The third kappa shape index (κ3) is 2.91. The van der Waals surface area contributed by atoms with E-state index >= 15 is 0 Å². The van der Waals surface area contributed by atoms with Gasteiger partial charge in [0.25, 0.3) is 0 Å². The third-order valence-corrected chi connectivity index (χ3v) is 2.45. The molecule has 0 amide bonds. The van der Waals surface area contributed by atoms with E-state index in [9.17, 15) is 4.39 Å². The van der Waals surface area contributed by atoms with Crippen LogP contribution in [0.4, 0.5) is 10.2 Å². The lowest BCUT2D eigenvalue weighted by atomic mass is 10.2. The molecular formula is C11H9BrFN3O. The second-order valence-corrected chi connectivity index (χ2v) is 4.22. The Morgan fingerprint density at radius 1 is 1.29 bits per heavy atom. The summed E-state index contributed by atoms with van der Waals surface area (Å²) in [4.78, 5) is 7.87. The monoisotopic (exact) mass is 297 g/mol. The first-order chi connectivity index (χ1) is 8.04. The van der Waals surface area contributed by atoms with Crippen LogP contribution in [0.3, 0.4) is 0 Å². The van der Waals surface area contributed by atoms with Gasteiger partial charge in [-0.1, -0.05) is 6.07 Å². The first-order valence-electron chi connectivity index (χ1n) is 4.78. The summed E-state index contributed by atoms with van der Waals surface area (Å²) in [5, 5.41) is 0. The lowest BCUT2D eigenvalue weighted by Crippen LogP contribution is -1.98. The van der Waals surface area contributed by atoms with E-state index in [-0.39, 0.29) is 17.6 Å². The maximum Gasteiger partial charge on any atom is 0.325 e. The van der Waals surface area contributed by atoms with Crippen molar-refractivity contribution in [3.63, 3.8) is 0 Å². The Morgan fingerprint density at radius 3 is 2.76 bits per heavy atom. The van der Waals surface area contributed by atoms with Gasteiger partial charge in [0.1, 0.15) is 22.0 Å². The van der Waals surface area contributed by atoms with E-state index in [1.165, 1.54) is 12.1 Å². The number of halogens is 2.